The van der Waals surface area contributed by atoms with Gasteiger partial charge in [0.15, 0.2) is 5.65 Å². The second kappa shape index (κ2) is 14.3. The zero-order valence-electron chi connectivity index (χ0n) is 32.8. The van der Waals surface area contributed by atoms with E-state index in [0.29, 0.717) is 29.6 Å². The number of para-hydroxylation sites is 3. The van der Waals surface area contributed by atoms with Crippen LogP contribution in [0.3, 0.4) is 0 Å². The SMILES string of the molecule is CCC(CC)c1cc(C(C)C)c(-n2/c(=N\n3c4ccccc4c4ccccc43)n(-c3c(C(C)C)cccc3C(C)C)c3ncccc32)c(C(C)C)c1. The Bertz CT molecular complexity index is 2350. The Kier molecular flexibility index (Phi) is 9.73. The Labute approximate surface area is 309 Å². The molecule has 5 heteroatoms. The van der Waals surface area contributed by atoms with E-state index in [0.717, 1.165) is 40.7 Å². The van der Waals surface area contributed by atoms with Crippen LogP contribution in [-0.2, 0) is 0 Å². The molecular formula is C47H55N5. The van der Waals surface area contributed by atoms with Crippen LogP contribution in [0.15, 0.2) is 102 Å². The molecule has 0 saturated heterocycles. The number of benzene rings is 4. The number of rotatable bonds is 10. The third-order valence-corrected chi connectivity index (χ3v) is 11.0. The minimum atomic E-state index is 0.291. The van der Waals surface area contributed by atoms with Gasteiger partial charge in [-0.15, -0.1) is 5.10 Å². The predicted octanol–water partition coefficient (Wildman–Crippen LogP) is 12.7. The molecule has 5 nitrogen and oxygen atoms in total. The molecule has 0 aliphatic heterocycles. The smallest absolute Gasteiger partial charge is 0.239 e. The summed E-state index contributed by atoms with van der Waals surface area (Å²) in [7, 11) is 0. The number of hydrogen-bond acceptors (Lipinski definition) is 2. The van der Waals surface area contributed by atoms with Crippen LogP contribution in [0.5, 0.6) is 0 Å². The van der Waals surface area contributed by atoms with Crippen molar-refractivity contribution in [3.63, 3.8) is 0 Å². The highest BCUT2D eigenvalue weighted by molar-refractivity contribution is 6.07. The maximum absolute atomic E-state index is 5.84. The molecule has 4 aromatic carbocycles. The van der Waals surface area contributed by atoms with Gasteiger partial charge >= 0.3 is 0 Å². The molecule has 0 aliphatic rings. The quantitative estimate of drug-likeness (QED) is 0.141. The Hall–Kier alpha value is -4.90. The molecule has 0 radical (unpaired) electrons. The molecule has 0 atom stereocenters. The van der Waals surface area contributed by atoms with E-state index < -0.39 is 0 Å². The third kappa shape index (κ3) is 5.88. The van der Waals surface area contributed by atoms with Crippen LogP contribution in [0, 0.1) is 0 Å². The molecule has 0 amide bonds. The van der Waals surface area contributed by atoms with Gasteiger partial charge in [0.2, 0.25) is 5.62 Å². The summed E-state index contributed by atoms with van der Waals surface area (Å²) in [5, 5.41) is 8.23. The summed E-state index contributed by atoms with van der Waals surface area (Å²) in [6.07, 6.45) is 4.18. The first-order valence-electron chi connectivity index (χ1n) is 19.5. The average molecular weight is 690 g/mol. The normalized spacial score (nSPS) is 12.8. The molecule has 0 N–H and O–H groups in total. The van der Waals surface area contributed by atoms with Crippen LogP contribution < -0.4 is 5.62 Å². The van der Waals surface area contributed by atoms with Crippen LogP contribution >= 0.6 is 0 Å². The highest BCUT2D eigenvalue weighted by Gasteiger charge is 2.27. The second-order valence-electron chi connectivity index (χ2n) is 15.7. The molecule has 0 spiro atoms. The van der Waals surface area contributed by atoms with Crippen LogP contribution in [0.2, 0.25) is 0 Å². The van der Waals surface area contributed by atoms with Crippen molar-refractivity contribution in [3.8, 4) is 11.4 Å². The molecule has 0 fully saturated rings. The van der Waals surface area contributed by atoms with Crippen molar-refractivity contribution in [2.24, 2.45) is 5.10 Å². The molecule has 0 bridgehead atoms. The van der Waals surface area contributed by atoms with E-state index >= 15 is 0 Å². The molecule has 7 rings (SSSR count). The van der Waals surface area contributed by atoms with Crippen molar-refractivity contribution in [3.05, 3.63) is 131 Å². The topological polar surface area (TPSA) is 40.0 Å². The Morgan fingerprint density at radius 1 is 0.538 bits per heavy atom. The van der Waals surface area contributed by atoms with Gasteiger partial charge in [-0.25, -0.2) is 9.66 Å². The van der Waals surface area contributed by atoms with E-state index in [1.165, 1.54) is 50.0 Å². The van der Waals surface area contributed by atoms with E-state index in [1.807, 2.05) is 6.20 Å². The molecular weight excluding hydrogens is 635 g/mol. The second-order valence-corrected chi connectivity index (χ2v) is 15.7. The van der Waals surface area contributed by atoms with Crippen molar-refractivity contribution in [2.75, 3.05) is 0 Å². The number of pyridine rings is 1. The van der Waals surface area contributed by atoms with E-state index in [-0.39, 0.29) is 0 Å². The highest BCUT2D eigenvalue weighted by Crippen LogP contribution is 2.39. The first-order chi connectivity index (χ1) is 25.1. The first-order valence-corrected chi connectivity index (χ1v) is 19.5. The number of fused-ring (bicyclic) bond motifs is 4. The fourth-order valence-corrected chi connectivity index (χ4v) is 8.26. The summed E-state index contributed by atoms with van der Waals surface area (Å²) in [4.78, 5) is 5.21. The van der Waals surface area contributed by atoms with Crippen LogP contribution in [0.4, 0.5) is 0 Å². The lowest BCUT2D eigenvalue weighted by atomic mass is 9.84. The van der Waals surface area contributed by atoms with E-state index in [1.54, 1.807) is 0 Å². The van der Waals surface area contributed by atoms with Crippen molar-refractivity contribution in [1.29, 1.82) is 0 Å². The molecule has 268 valence electrons. The average Bonchev–Trinajstić information content (AvgIpc) is 3.63. The van der Waals surface area contributed by atoms with Gasteiger partial charge in [-0.3, -0.25) is 9.13 Å². The van der Waals surface area contributed by atoms with Crippen molar-refractivity contribution < 1.29 is 0 Å². The van der Waals surface area contributed by atoms with Gasteiger partial charge in [-0.2, -0.15) is 0 Å². The molecule has 0 aliphatic carbocycles. The molecule has 7 aromatic rings. The van der Waals surface area contributed by atoms with Gasteiger partial charge in [0.05, 0.1) is 27.9 Å². The summed E-state index contributed by atoms with van der Waals surface area (Å²) in [6.45, 7) is 23.2. The summed E-state index contributed by atoms with van der Waals surface area (Å²) in [5.74, 6) is 1.69. The van der Waals surface area contributed by atoms with Gasteiger partial charge in [0.25, 0.3) is 0 Å². The molecule has 52 heavy (non-hydrogen) atoms. The minimum Gasteiger partial charge on any atom is -0.275 e. The Balaban J connectivity index is 1.78. The first kappa shape index (κ1) is 35.5. The lowest BCUT2D eigenvalue weighted by molar-refractivity contribution is 0.636. The number of aromatic nitrogens is 4. The third-order valence-electron chi connectivity index (χ3n) is 11.0. The zero-order valence-corrected chi connectivity index (χ0v) is 32.8. The monoisotopic (exact) mass is 689 g/mol. The summed E-state index contributed by atoms with van der Waals surface area (Å²) in [6, 6.07) is 33.4. The van der Waals surface area contributed by atoms with Gasteiger partial charge in [0.1, 0.15) is 0 Å². The minimum absolute atomic E-state index is 0.291. The van der Waals surface area contributed by atoms with Gasteiger partial charge < -0.3 is 0 Å². The Morgan fingerprint density at radius 2 is 1.02 bits per heavy atom. The lowest BCUT2D eigenvalue weighted by Crippen LogP contribution is -2.29. The fourth-order valence-electron chi connectivity index (χ4n) is 8.26. The van der Waals surface area contributed by atoms with Gasteiger partial charge in [-0.1, -0.05) is 136 Å². The van der Waals surface area contributed by atoms with Crippen LogP contribution in [0.25, 0.3) is 44.3 Å². The van der Waals surface area contributed by atoms with Gasteiger partial charge in [-0.05, 0) is 94.5 Å². The van der Waals surface area contributed by atoms with Crippen molar-refractivity contribution >= 4 is 33.0 Å². The standard InChI is InChI=1S/C47H55N5/c1-11-33(12-2)34-27-39(31(7)8)45(40(28-34)32(9)10)50-43-25-18-26-48-46(43)51(44-35(29(3)4)21-17-22-36(44)30(5)6)47(50)49-52-41-23-15-13-19-37(41)38-20-14-16-24-42(38)52/h13-33H,11-12H2,1-10H3/b49-47+. The maximum atomic E-state index is 5.84. The number of hydrogen-bond donors (Lipinski definition) is 0. The summed E-state index contributed by atoms with van der Waals surface area (Å²) in [5.41, 5.74) is 14.1. The molecule has 0 unspecified atom stereocenters. The largest absolute Gasteiger partial charge is 0.275 e. The zero-order chi connectivity index (χ0) is 36.8. The maximum Gasteiger partial charge on any atom is 0.239 e. The van der Waals surface area contributed by atoms with Crippen LogP contribution in [-0.4, -0.2) is 18.8 Å². The Morgan fingerprint density at radius 3 is 1.52 bits per heavy atom. The van der Waals surface area contributed by atoms with Crippen molar-refractivity contribution in [1.82, 2.24) is 18.8 Å². The fraction of sp³-hybridized carbons (Fsp3) is 0.362. The van der Waals surface area contributed by atoms with Crippen LogP contribution in [0.1, 0.15) is 139 Å². The lowest BCUT2D eigenvalue weighted by Gasteiger charge is -2.25. The van der Waals surface area contributed by atoms with Gasteiger partial charge in [0, 0.05) is 17.0 Å². The van der Waals surface area contributed by atoms with Crippen molar-refractivity contribution in [2.45, 2.75) is 112 Å². The summed E-state index contributed by atoms with van der Waals surface area (Å²) < 4.78 is 7.00. The number of imidazole rings is 1. The molecule has 0 saturated carbocycles. The molecule has 3 heterocycles. The van der Waals surface area contributed by atoms with E-state index in [2.05, 4.69) is 174 Å². The summed E-state index contributed by atoms with van der Waals surface area (Å²) >= 11 is 0. The number of nitrogens with zero attached hydrogens (tertiary/aromatic N) is 5. The van der Waals surface area contributed by atoms with E-state index in [4.69, 9.17) is 10.1 Å². The predicted molar refractivity (Wildman–Crippen MR) is 220 cm³/mol. The molecule has 3 aromatic heterocycles. The van der Waals surface area contributed by atoms with E-state index in [9.17, 15) is 0 Å². The highest BCUT2D eigenvalue weighted by atomic mass is 15.4.